The molecule has 134 valence electrons. The molecule has 2 nitrogen and oxygen atoms in total. The van der Waals surface area contributed by atoms with Gasteiger partial charge >= 0.3 is 0 Å². The molecule has 0 saturated heterocycles. The normalized spacial score (nSPS) is 28.2. The summed E-state index contributed by atoms with van der Waals surface area (Å²) in [6, 6.07) is 14.4. The molecule has 0 aliphatic heterocycles. The van der Waals surface area contributed by atoms with Crippen molar-refractivity contribution in [2.45, 2.75) is 38.5 Å². The molecule has 1 saturated carbocycles. The van der Waals surface area contributed by atoms with Crippen molar-refractivity contribution in [3.05, 3.63) is 66.8 Å². The maximum absolute atomic E-state index is 13.0. The Hall–Kier alpha value is -2.35. The lowest BCUT2D eigenvalue weighted by atomic mass is 10.1. The highest BCUT2D eigenvalue weighted by Crippen LogP contribution is 2.52. The van der Waals surface area contributed by atoms with Crippen molar-refractivity contribution >= 4 is 22.4 Å². The van der Waals surface area contributed by atoms with Crippen LogP contribution < -0.4 is 5.32 Å². The fraction of sp³-hybridized carbons (Fsp3) is 0.375. The SMILES string of the molecule is O=C(Nc1cccc2ccccc12)C1[C@H]2CC/C=C/CC/C=C\CC[C@@H]12. The lowest BCUT2D eigenvalue weighted by Crippen LogP contribution is -2.16. The first-order valence-electron chi connectivity index (χ1n) is 9.93. The molecule has 0 bridgehead atoms. The second-order valence-corrected chi connectivity index (χ2v) is 7.54. The minimum Gasteiger partial charge on any atom is -0.325 e. The van der Waals surface area contributed by atoms with E-state index in [0.717, 1.165) is 49.6 Å². The van der Waals surface area contributed by atoms with E-state index in [0.29, 0.717) is 11.8 Å². The fourth-order valence-electron chi connectivity index (χ4n) is 4.41. The van der Waals surface area contributed by atoms with Crippen molar-refractivity contribution in [3.63, 3.8) is 0 Å². The van der Waals surface area contributed by atoms with Crippen molar-refractivity contribution in [1.29, 1.82) is 0 Å². The first kappa shape index (κ1) is 17.1. The fourth-order valence-corrected chi connectivity index (χ4v) is 4.41. The van der Waals surface area contributed by atoms with E-state index in [1.807, 2.05) is 24.3 Å². The number of carbonyl (C=O) groups excluding carboxylic acids is 1. The Bertz CT molecular complexity index is 806. The van der Waals surface area contributed by atoms with Gasteiger partial charge in [0, 0.05) is 17.0 Å². The molecule has 3 atom stereocenters. The van der Waals surface area contributed by atoms with Crippen LogP contribution in [0, 0.1) is 17.8 Å². The van der Waals surface area contributed by atoms with E-state index in [1.54, 1.807) is 0 Å². The highest BCUT2D eigenvalue weighted by atomic mass is 16.2. The van der Waals surface area contributed by atoms with E-state index in [4.69, 9.17) is 0 Å². The molecule has 4 rings (SSSR count). The highest BCUT2D eigenvalue weighted by molar-refractivity contribution is 6.03. The first-order chi connectivity index (χ1) is 12.8. The Morgan fingerprint density at radius 2 is 1.38 bits per heavy atom. The summed E-state index contributed by atoms with van der Waals surface area (Å²) in [7, 11) is 0. The van der Waals surface area contributed by atoms with Gasteiger partial charge in [0.2, 0.25) is 5.91 Å². The molecule has 0 aromatic heterocycles. The summed E-state index contributed by atoms with van der Waals surface area (Å²) in [5.41, 5.74) is 0.940. The number of fused-ring (bicyclic) bond motifs is 2. The third kappa shape index (κ3) is 3.75. The van der Waals surface area contributed by atoms with Crippen LogP contribution in [0.15, 0.2) is 66.8 Å². The number of allylic oxidation sites excluding steroid dienone is 4. The molecule has 1 fully saturated rings. The summed E-state index contributed by atoms with van der Waals surface area (Å²) in [5, 5.41) is 5.51. The van der Waals surface area contributed by atoms with Gasteiger partial charge in [-0.05, 0) is 61.8 Å². The van der Waals surface area contributed by atoms with E-state index in [9.17, 15) is 4.79 Å². The van der Waals surface area contributed by atoms with Crippen LogP contribution >= 0.6 is 0 Å². The predicted molar refractivity (Wildman–Crippen MR) is 109 cm³/mol. The van der Waals surface area contributed by atoms with Crippen molar-refractivity contribution in [1.82, 2.24) is 0 Å². The quantitative estimate of drug-likeness (QED) is 0.654. The van der Waals surface area contributed by atoms with Gasteiger partial charge < -0.3 is 5.32 Å². The minimum atomic E-state index is 0.177. The van der Waals surface area contributed by atoms with Gasteiger partial charge in [-0.1, -0.05) is 60.7 Å². The molecule has 2 aromatic rings. The number of hydrogen-bond donors (Lipinski definition) is 1. The number of carbonyl (C=O) groups is 1. The zero-order chi connectivity index (χ0) is 17.8. The molecule has 1 N–H and O–H groups in total. The highest BCUT2D eigenvalue weighted by Gasteiger charge is 2.52. The van der Waals surface area contributed by atoms with Gasteiger partial charge in [0.15, 0.2) is 0 Å². The van der Waals surface area contributed by atoms with Crippen LogP contribution in [0.4, 0.5) is 5.69 Å². The van der Waals surface area contributed by atoms with E-state index >= 15 is 0 Å². The van der Waals surface area contributed by atoms with Crippen LogP contribution in [0.2, 0.25) is 0 Å². The lowest BCUT2D eigenvalue weighted by Gasteiger charge is -2.09. The van der Waals surface area contributed by atoms with Crippen molar-refractivity contribution in [3.8, 4) is 0 Å². The molecule has 2 aliphatic carbocycles. The zero-order valence-electron chi connectivity index (χ0n) is 15.2. The van der Waals surface area contributed by atoms with Gasteiger partial charge in [-0.2, -0.15) is 0 Å². The third-order valence-corrected chi connectivity index (χ3v) is 5.85. The summed E-state index contributed by atoms with van der Waals surface area (Å²) in [6.07, 6.45) is 15.9. The van der Waals surface area contributed by atoms with Gasteiger partial charge in [0.1, 0.15) is 0 Å². The van der Waals surface area contributed by atoms with E-state index in [2.05, 4.69) is 47.8 Å². The molecule has 1 unspecified atom stereocenters. The second kappa shape index (κ2) is 7.90. The van der Waals surface area contributed by atoms with Crippen LogP contribution in [0.25, 0.3) is 10.8 Å². The Labute approximate surface area is 156 Å². The Morgan fingerprint density at radius 3 is 2.12 bits per heavy atom. The average molecular weight is 345 g/mol. The van der Waals surface area contributed by atoms with Crippen LogP contribution in [0.3, 0.4) is 0 Å². The summed E-state index contributed by atoms with van der Waals surface area (Å²) >= 11 is 0. The average Bonchev–Trinajstić information content (AvgIpc) is 3.34. The molecular weight excluding hydrogens is 318 g/mol. The summed E-state index contributed by atoms with van der Waals surface area (Å²) in [4.78, 5) is 13.0. The minimum absolute atomic E-state index is 0.177. The molecule has 2 aromatic carbocycles. The summed E-state index contributed by atoms with van der Waals surface area (Å²) in [6.45, 7) is 0. The van der Waals surface area contributed by atoms with Gasteiger partial charge in [0.05, 0.1) is 0 Å². The molecular formula is C24H27NO. The lowest BCUT2D eigenvalue weighted by molar-refractivity contribution is -0.117. The van der Waals surface area contributed by atoms with Gasteiger partial charge in [-0.3, -0.25) is 4.79 Å². The van der Waals surface area contributed by atoms with Gasteiger partial charge in [-0.25, -0.2) is 0 Å². The molecule has 2 heteroatoms. The molecule has 0 heterocycles. The van der Waals surface area contributed by atoms with E-state index in [-0.39, 0.29) is 11.8 Å². The number of hydrogen-bond acceptors (Lipinski definition) is 1. The standard InChI is InChI=1S/C24H27NO/c26-24(25-22-17-11-13-18-12-9-10-14-19(18)22)23-20-15-7-5-3-1-2-4-6-8-16-21(20)23/h3-6,9-14,17,20-21,23H,1-2,7-8,15-16H2,(H,25,26)/b5-3-,6-4+/t20-,21+,23?/m1/s1. The maximum atomic E-state index is 13.0. The van der Waals surface area contributed by atoms with Crippen molar-refractivity contribution in [2.75, 3.05) is 5.32 Å². The second-order valence-electron chi connectivity index (χ2n) is 7.54. The molecule has 0 spiro atoms. The monoisotopic (exact) mass is 345 g/mol. The van der Waals surface area contributed by atoms with Crippen molar-refractivity contribution < 1.29 is 4.79 Å². The van der Waals surface area contributed by atoms with Crippen LogP contribution in [-0.4, -0.2) is 5.91 Å². The maximum Gasteiger partial charge on any atom is 0.228 e. The third-order valence-electron chi connectivity index (χ3n) is 5.85. The summed E-state index contributed by atoms with van der Waals surface area (Å²) < 4.78 is 0. The number of nitrogens with one attached hydrogen (secondary N) is 1. The smallest absolute Gasteiger partial charge is 0.228 e. The Balaban J connectivity index is 1.47. The number of benzene rings is 2. The molecule has 2 aliphatic rings. The van der Waals surface area contributed by atoms with Crippen LogP contribution in [-0.2, 0) is 4.79 Å². The van der Waals surface area contributed by atoms with E-state index < -0.39 is 0 Å². The van der Waals surface area contributed by atoms with Crippen LogP contribution in [0.1, 0.15) is 38.5 Å². The molecule has 1 amide bonds. The summed E-state index contributed by atoms with van der Waals surface area (Å²) in [5.74, 6) is 1.47. The van der Waals surface area contributed by atoms with Crippen LogP contribution in [0.5, 0.6) is 0 Å². The number of anilines is 1. The number of amides is 1. The number of rotatable bonds is 2. The zero-order valence-corrected chi connectivity index (χ0v) is 15.2. The largest absolute Gasteiger partial charge is 0.325 e. The Kier molecular flexibility index (Phi) is 5.19. The van der Waals surface area contributed by atoms with E-state index in [1.165, 1.54) is 5.39 Å². The Morgan fingerprint density at radius 1 is 0.769 bits per heavy atom. The topological polar surface area (TPSA) is 29.1 Å². The predicted octanol–water partition coefficient (Wildman–Crippen LogP) is 6.11. The molecule has 26 heavy (non-hydrogen) atoms. The van der Waals surface area contributed by atoms with Gasteiger partial charge in [-0.15, -0.1) is 0 Å². The van der Waals surface area contributed by atoms with Gasteiger partial charge in [0.25, 0.3) is 0 Å². The first-order valence-corrected chi connectivity index (χ1v) is 9.93. The van der Waals surface area contributed by atoms with Crippen molar-refractivity contribution in [2.24, 2.45) is 17.8 Å². The molecule has 0 radical (unpaired) electrons.